The van der Waals surface area contributed by atoms with Crippen molar-refractivity contribution in [2.45, 2.75) is 191 Å². The van der Waals surface area contributed by atoms with E-state index in [1.165, 1.54) is 51.2 Å². The molecule has 16 rings (SSSR count). The molecule has 0 aliphatic carbocycles. The predicted molar refractivity (Wildman–Crippen MR) is 434 cm³/mol. The molecular weight excluding hydrogens is 1760 g/mol. The molecule has 6 amide bonds. The van der Waals surface area contributed by atoms with Crippen LogP contribution in [0.1, 0.15) is 102 Å². The van der Waals surface area contributed by atoms with Crippen LogP contribution in [0.3, 0.4) is 0 Å². The molecule has 11 bridgehead atoms. The monoisotopic (exact) mass is 1850 g/mol. The van der Waals surface area contributed by atoms with Gasteiger partial charge in [-0.05, 0) is 133 Å². The number of aliphatic carboxylic acids is 1. The number of hydrogen-bond acceptors (Lipinski definition) is 35. The van der Waals surface area contributed by atoms with Crippen molar-refractivity contribution in [3.8, 4) is 68.6 Å². The number of nitrogens with one attached hydrogen (secondary N) is 7. The van der Waals surface area contributed by atoms with Gasteiger partial charge in [0, 0.05) is 35.2 Å². The molecule has 0 aromatic heterocycles. The van der Waals surface area contributed by atoms with Crippen molar-refractivity contribution in [1.29, 1.82) is 0 Å². The number of hydrogen-bond donors (Lipinski definition) is 25. The number of benzene rings is 7. The minimum atomic E-state index is -2.50. The van der Waals surface area contributed by atoms with E-state index >= 15 is 28.8 Å². The molecule has 42 nitrogen and oxygen atoms in total. The molecule has 28 atom stereocenters. The normalized spacial score (nSPS) is 32.3. The molecule has 0 spiro atoms. The molecule has 9 aliphatic heterocycles. The van der Waals surface area contributed by atoms with Gasteiger partial charge < -0.3 is 177 Å². The van der Waals surface area contributed by atoms with Gasteiger partial charge >= 0.3 is 5.97 Å². The number of aromatic hydroxyl groups is 4. The quantitative estimate of drug-likeness (QED) is 0.0548. The van der Waals surface area contributed by atoms with Crippen LogP contribution < -0.4 is 61.9 Å². The van der Waals surface area contributed by atoms with Gasteiger partial charge in [-0.1, -0.05) is 71.2 Å². The number of ether oxygens (including phenoxy) is 10. The van der Waals surface area contributed by atoms with E-state index in [9.17, 15) is 91.6 Å². The summed E-state index contributed by atoms with van der Waals surface area (Å²) in [6.45, 7) is 0.761. The number of carboxylic acid groups (broad SMARTS) is 1. The Kier molecular flexibility index (Phi) is 28.1. The number of phenolic OH excluding ortho intramolecular Hbond substituents is 4. The highest BCUT2D eigenvalue weighted by Gasteiger charge is 2.52. The number of nitrogens with two attached hydrogens (primary N) is 1. The Morgan fingerprint density at radius 2 is 1.00 bits per heavy atom. The Labute approximate surface area is 739 Å². The van der Waals surface area contributed by atoms with Gasteiger partial charge in [-0.15, -0.1) is 0 Å². The maximum atomic E-state index is 16.7. The highest BCUT2D eigenvalue weighted by atomic mass is 35.5. The summed E-state index contributed by atoms with van der Waals surface area (Å²) >= 11 is 21.3. The first-order valence-corrected chi connectivity index (χ1v) is 40.8. The van der Waals surface area contributed by atoms with Gasteiger partial charge in [0.25, 0.3) is 0 Å². The average Bonchev–Trinajstić information content (AvgIpc) is 0.760. The van der Waals surface area contributed by atoms with Crippen LogP contribution in [0.15, 0.2) is 121 Å². The van der Waals surface area contributed by atoms with Crippen LogP contribution in [0.4, 0.5) is 0 Å². The number of carbonyl (C=O) groups is 7. The number of aliphatic hydroxyl groups is 12. The van der Waals surface area contributed by atoms with Crippen LogP contribution in [0.2, 0.25) is 15.1 Å². The highest BCUT2D eigenvalue weighted by molar-refractivity contribution is 6.33. The Hall–Kier alpha value is -10.7. The van der Waals surface area contributed by atoms with Crippen LogP contribution in [0, 0.1) is 0 Å². The van der Waals surface area contributed by atoms with Gasteiger partial charge in [0.15, 0.2) is 30.1 Å². The van der Waals surface area contributed by atoms with Crippen LogP contribution in [-0.2, 0) is 62.0 Å². The molecule has 0 radical (unpaired) electrons. The van der Waals surface area contributed by atoms with Gasteiger partial charge in [0.05, 0.1) is 46.6 Å². The predicted octanol–water partition coefficient (Wildman–Crippen LogP) is -1.07. The van der Waals surface area contributed by atoms with E-state index in [-0.39, 0.29) is 28.9 Å². The Morgan fingerprint density at radius 3 is 1.56 bits per heavy atom. The first kappa shape index (κ1) is 93.4. The molecule has 9 heterocycles. The Morgan fingerprint density at radius 1 is 0.492 bits per heavy atom. The van der Waals surface area contributed by atoms with E-state index in [0.29, 0.717) is 0 Å². The van der Waals surface area contributed by atoms with E-state index in [1.807, 2.05) is 0 Å². The molecule has 26 N–H and O–H groups in total. The molecule has 0 unspecified atom stereocenters. The van der Waals surface area contributed by atoms with Crippen molar-refractivity contribution in [3.05, 3.63) is 175 Å². The zero-order valence-electron chi connectivity index (χ0n) is 67.1. The molecule has 686 valence electrons. The van der Waals surface area contributed by atoms with Crippen molar-refractivity contribution in [1.82, 2.24) is 37.2 Å². The van der Waals surface area contributed by atoms with Gasteiger partial charge in [-0.3, -0.25) is 28.8 Å². The number of amides is 6. The molecule has 0 saturated carbocycles. The number of fused-ring (bicyclic) bond motifs is 15. The number of likely N-dealkylation sites (N-methyl/N-ethyl adjacent to an activating group) is 1. The van der Waals surface area contributed by atoms with Crippen molar-refractivity contribution in [3.63, 3.8) is 0 Å². The van der Waals surface area contributed by atoms with E-state index in [4.69, 9.17) is 87.9 Å². The molecule has 9 aliphatic rings. The summed E-state index contributed by atoms with van der Waals surface area (Å²) in [6.07, 6.45) is -37.0. The Bertz CT molecular complexity index is 5350. The van der Waals surface area contributed by atoms with Crippen LogP contribution in [0.25, 0.3) is 11.1 Å². The number of halogens is 3. The maximum Gasteiger partial charge on any atom is 0.330 e. The van der Waals surface area contributed by atoms with E-state index in [0.717, 1.165) is 91.0 Å². The van der Waals surface area contributed by atoms with E-state index < -0.39 is 326 Å². The second-order valence-corrected chi connectivity index (χ2v) is 32.5. The zero-order valence-corrected chi connectivity index (χ0v) is 69.4. The van der Waals surface area contributed by atoms with Gasteiger partial charge in [0.1, 0.15) is 156 Å². The lowest BCUT2D eigenvalue weighted by Crippen LogP contribution is -2.61. The fourth-order valence-electron chi connectivity index (χ4n) is 15.8. The van der Waals surface area contributed by atoms with Crippen molar-refractivity contribution in [2.75, 3.05) is 20.3 Å². The minimum Gasteiger partial charge on any atom is -0.508 e. The lowest BCUT2D eigenvalue weighted by Gasteiger charge is -2.42. The minimum absolute atomic E-state index is 0.0121. The van der Waals surface area contributed by atoms with Crippen LogP contribution in [0.5, 0.6) is 57.5 Å². The molecule has 7 aromatic carbocycles. The second-order valence-electron chi connectivity index (χ2n) is 31.3. The summed E-state index contributed by atoms with van der Waals surface area (Å²) in [4.78, 5) is 111. The third-order valence-electron chi connectivity index (χ3n) is 22.8. The molecular formula is C83H89Cl3N8O34. The largest absolute Gasteiger partial charge is 0.508 e. The third kappa shape index (κ3) is 19.0. The third-order valence-corrected chi connectivity index (χ3v) is 23.7. The number of carbonyl (C=O) groups excluding carboxylic acids is 6. The first-order valence-electron chi connectivity index (χ1n) is 39.7. The fraction of sp³-hybridized carbons (Fsp3) is 0.410. The highest BCUT2D eigenvalue weighted by Crippen LogP contribution is 2.51. The summed E-state index contributed by atoms with van der Waals surface area (Å²) < 4.78 is 62.3. The van der Waals surface area contributed by atoms with Crippen LogP contribution >= 0.6 is 34.8 Å². The van der Waals surface area contributed by atoms with Gasteiger partial charge in [-0.25, -0.2) is 4.79 Å². The van der Waals surface area contributed by atoms with Crippen LogP contribution in [-0.4, -0.2) is 277 Å². The smallest absolute Gasteiger partial charge is 0.330 e. The summed E-state index contributed by atoms with van der Waals surface area (Å²) in [7, 11) is 1.31. The maximum absolute atomic E-state index is 16.7. The summed E-state index contributed by atoms with van der Waals surface area (Å²) in [5.41, 5.74) is 2.89. The number of rotatable bonds is 16. The van der Waals surface area contributed by atoms with E-state index in [1.54, 1.807) is 0 Å². The van der Waals surface area contributed by atoms with Crippen molar-refractivity contribution >= 4 is 76.2 Å². The number of carboxylic acids is 1. The average molecular weight is 1850 g/mol. The molecule has 4 fully saturated rings. The standard InChI is InChI=1S/C83H89Cl3N8O34/c1-27-61(101)42(87)24-52(119-27)126-71-32-8-14-46(40(85)18-32)122-48-20-34-21-49(73(48)128-83-70(110)67(107)64(104)51(26-96)125-83)123-47-15-9-33(19-41(47)86)72(127-82-69(109)66(106)63(103)50(25-95)124-82)60(93-74(111)54(88-3)29-4-10-36(11-5-29)121-81-68(108)65(105)62(102)28(2)120-81)78(115)90-56(31-7-13-44(99)39(84)17-31)75(112)91-57(34)77(114)89-55-30-6-12-43(98)37(16-30)53-38(22-35(97)23-45(53)100)58(80(117)118)92-79(116)59(71)94-76(55)113/h4-23,27-28,42,50-52,54-72,81-83,88,95-110H,24-26,87H2,1-3H3,(H,89,114)(H,90,115)(H,91,112)(H,92,116)(H,93,111)(H,94,113)(H,117,118)/t27-,28-,42+,50+,51+,52-,54+,55+,56-,57+,58-,59-,60+,61-,62-,63+,64+,65+,66-,67-,68+,69-,70+,71+,72+,81-,82+,83-/m0/s1. The summed E-state index contributed by atoms with van der Waals surface area (Å²) in [5.74, 6) is -16.8. The molecule has 128 heavy (non-hydrogen) atoms. The van der Waals surface area contributed by atoms with Gasteiger partial charge in [-0.2, -0.15) is 0 Å². The first-order chi connectivity index (χ1) is 60.8. The lowest BCUT2D eigenvalue weighted by atomic mass is 9.89. The number of phenols is 4. The Balaban J connectivity index is 0.993. The van der Waals surface area contributed by atoms with Crippen molar-refractivity contribution in [2.24, 2.45) is 5.73 Å². The summed E-state index contributed by atoms with van der Waals surface area (Å²) in [5, 5.41) is 206. The van der Waals surface area contributed by atoms with Crippen molar-refractivity contribution < 1.29 is 168 Å². The lowest BCUT2D eigenvalue weighted by molar-refractivity contribution is -0.313. The summed E-state index contributed by atoms with van der Waals surface area (Å²) in [6, 6.07) is 4.70. The topological polar surface area (TPSA) is 666 Å². The molecule has 45 heteroatoms. The molecule has 4 saturated heterocycles. The second kappa shape index (κ2) is 38.5. The van der Waals surface area contributed by atoms with E-state index in [2.05, 4.69) is 37.2 Å². The SMILES string of the molecule is CN[C@@H](C(=O)N[C@H]1C(=O)N[C@@H](c2ccc(O)c(Cl)c2)C(=O)N[C@H]2C(=O)N[C@H]3C(=O)N[C@H](C(=O)N[C@H](C(=O)O)c4cc(O)cc(O)c4-c4cc3ccc4O)[C@H](O[C@H]3C[C@@H](N)[C@@H](O)[C@H](C)O3)c3ccc(c(Cl)c3)Oc3cc2cc(c3O[C@@H]2O[C@H](CO)[C@@H](O)[C@H](O)[C@H]2O)Oc2ccc(cc2Cl)[C@H]1O[C@H]1O[C@H](CO)[C@@H](O)[C@H](O)[C@@H]1O)c1ccc(O[C@@H]2O[C@@H](C)[C@H](O)[C@@H](O)[C@H]2O)cc1. The number of aliphatic hydroxyl groups excluding tert-OH is 12. The zero-order chi connectivity index (χ0) is 92.2. The molecule has 7 aromatic rings. The van der Waals surface area contributed by atoms with Gasteiger partial charge in [0.2, 0.25) is 53.8 Å². The fourth-order valence-corrected chi connectivity index (χ4v) is 16.4.